The summed E-state index contributed by atoms with van der Waals surface area (Å²) in [5, 5.41) is 17.5. The number of aryl methyl sites for hydroxylation is 1. The summed E-state index contributed by atoms with van der Waals surface area (Å²) in [5.41, 5.74) is 4.05. The fourth-order valence-electron chi connectivity index (χ4n) is 4.85. The first kappa shape index (κ1) is 23.6. The molecule has 186 valence electrons. The van der Waals surface area contributed by atoms with Gasteiger partial charge in [-0.25, -0.2) is 0 Å². The minimum absolute atomic E-state index is 0.0672. The van der Waals surface area contributed by atoms with Crippen LogP contribution in [0.4, 0.5) is 13.2 Å². The lowest BCUT2D eigenvalue weighted by Gasteiger charge is -2.32. The van der Waals surface area contributed by atoms with Crippen molar-refractivity contribution in [3.05, 3.63) is 58.3 Å². The lowest BCUT2D eigenvalue weighted by atomic mass is 10.1. The number of carbonyl (C=O) groups is 1. The van der Waals surface area contributed by atoms with Crippen molar-refractivity contribution in [1.82, 2.24) is 24.9 Å². The van der Waals surface area contributed by atoms with Gasteiger partial charge in [-0.3, -0.25) is 14.8 Å². The fourth-order valence-corrected chi connectivity index (χ4v) is 4.85. The number of rotatable bonds is 5. The van der Waals surface area contributed by atoms with Crippen molar-refractivity contribution in [2.45, 2.75) is 38.7 Å². The van der Waals surface area contributed by atoms with E-state index in [4.69, 9.17) is 0 Å². The molecule has 1 saturated heterocycles. The largest absolute Gasteiger partial charge is 0.507 e. The van der Waals surface area contributed by atoms with E-state index in [0.717, 1.165) is 43.9 Å². The van der Waals surface area contributed by atoms with Crippen molar-refractivity contribution in [3.8, 4) is 5.75 Å². The van der Waals surface area contributed by atoms with E-state index in [9.17, 15) is 23.1 Å². The van der Waals surface area contributed by atoms with Gasteiger partial charge < -0.3 is 14.9 Å². The van der Waals surface area contributed by atoms with Crippen LogP contribution in [0.5, 0.6) is 5.75 Å². The van der Waals surface area contributed by atoms with Crippen LogP contribution in [-0.4, -0.2) is 75.3 Å². The number of aromatic nitrogens is 2. The highest BCUT2D eigenvalue weighted by atomic mass is 19.4. The second-order valence-electron chi connectivity index (χ2n) is 9.54. The second-order valence-corrected chi connectivity index (χ2v) is 9.54. The molecule has 2 aliphatic heterocycles. The lowest BCUT2D eigenvalue weighted by Crippen LogP contribution is -2.43. The molecule has 35 heavy (non-hydrogen) atoms. The van der Waals surface area contributed by atoms with Gasteiger partial charge in [-0.2, -0.15) is 18.3 Å². The van der Waals surface area contributed by atoms with E-state index in [1.54, 1.807) is 4.90 Å². The van der Waals surface area contributed by atoms with Crippen molar-refractivity contribution in [2.24, 2.45) is 0 Å². The second kappa shape index (κ2) is 9.16. The third-order valence-electron chi connectivity index (χ3n) is 6.92. The Morgan fingerprint density at radius 1 is 1.09 bits per heavy atom. The molecule has 7 nitrogen and oxygen atoms in total. The Labute approximate surface area is 201 Å². The van der Waals surface area contributed by atoms with Gasteiger partial charge in [-0.05, 0) is 29.8 Å². The molecule has 10 heteroatoms. The van der Waals surface area contributed by atoms with Gasteiger partial charge in [-0.1, -0.05) is 18.2 Å². The number of amides is 1. The summed E-state index contributed by atoms with van der Waals surface area (Å²) in [6, 6.07) is 9.11. The number of H-pyrrole nitrogens is 1. The topological polar surface area (TPSA) is 75.7 Å². The van der Waals surface area contributed by atoms with Gasteiger partial charge in [0.15, 0.2) is 0 Å². The average Bonchev–Trinajstić information content (AvgIpc) is 3.41. The quantitative estimate of drug-likeness (QED) is 0.575. The predicted octanol–water partition coefficient (Wildman–Crippen LogP) is 3.67. The van der Waals surface area contributed by atoms with Gasteiger partial charge in [0.1, 0.15) is 5.75 Å². The number of aromatic amines is 1. The number of hydrogen-bond acceptors (Lipinski definition) is 5. The number of carbonyl (C=O) groups excluding carboxylic acids is 1. The molecule has 0 radical (unpaired) electrons. The Morgan fingerprint density at radius 3 is 2.57 bits per heavy atom. The number of alkyl halides is 3. The first-order valence-electron chi connectivity index (χ1n) is 11.7. The molecule has 0 atom stereocenters. The van der Waals surface area contributed by atoms with Crippen LogP contribution in [-0.2, 0) is 26.1 Å². The smallest absolute Gasteiger partial charge is 0.389 e. The van der Waals surface area contributed by atoms with Crippen LogP contribution in [0, 0.1) is 0 Å². The molecule has 0 unspecified atom stereocenters. The van der Waals surface area contributed by atoms with E-state index >= 15 is 0 Å². The van der Waals surface area contributed by atoms with E-state index in [0.29, 0.717) is 24.0 Å². The third-order valence-corrected chi connectivity index (χ3v) is 6.92. The molecule has 2 aromatic carbocycles. The van der Waals surface area contributed by atoms with Crippen molar-refractivity contribution >= 4 is 16.8 Å². The molecule has 0 saturated carbocycles. The molecule has 0 aliphatic carbocycles. The molecule has 1 fully saturated rings. The zero-order chi connectivity index (χ0) is 24.7. The van der Waals surface area contributed by atoms with Crippen LogP contribution in [0.1, 0.15) is 39.2 Å². The van der Waals surface area contributed by atoms with E-state index in [-0.39, 0.29) is 29.3 Å². The number of phenols is 1. The van der Waals surface area contributed by atoms with Crippen LogP contribution in [0.25, 0.3) is 10.9 Å². The fraction of sp³-hybridized carbons (Fsp3) is 0.440. The Hall–Kier alpha value is -3.11. The highest BCUT2D eigenvalue weighted by Gasteiger charge is 2.29. The Bertz CT molecular complexity index is 1250. The standard InChI is InChI=1S/C25H28F3N5O2/c1-31-6-8-32(9-7-31)13-16-2-3-17-14-33(15-18(17)10-16)24(35)20-11-19-21(4-5-25(26,27)28)29-30-22(19)12-23(20)34/h2-3,10-12,34H,4-9,13-15H2,1H3,(H,29,30). The number of phenolic OH excluding ortho intramolecular Hbond substituents is 1. The summed E-state index contributed by atoms with van der Waals surface area (Å²) in [6.45, 7) is 5.87. The first-order valence-corrected chi connectivity index (χ1v) is 11.7. The molecule has 3 heterocycles. The minimum Gasteiger partial charge on any atom is -0.507 e. The van der Waals surface area contributed by atoms with E-state index in [1.165, 1.54) is 17.7 Å². The van der Waals surface area contributed by atoms with Gasteiger partial charge in [0, 0.05) is 70.1 Å². The summed E-state index contributed by atoms with van der Waals surface area (Å²) in [4.78, 5) is 19.7. The zero-order valence-corrected chi connectivity index (χ0v) is 19.5. The van der Waals surface area contributed by atoms with Crippen LogP contribution in [0.3, 0.4) is 0 Å². The van der Waals surface area contributed by atoms with E-state index in [1.807, 2.05) is 0 Å². The van der Waals surface area contributed by atoms with Gasteiger partial charge in [0.25, 0.3) is 5.91 Å². The SMILES string of the molecule is CN1CCN(Cc2ccc3c(c2)CN(C(=O)c2cc4c(CCC(F)(F)F)n[nH]c4cc2O)C3)CC1. The summed E-state index contributed by atoms with van der Waals surface area (Å²) in [5.74, 6) is -0.579. The van der Waals surface area contributed by atoms with E-state index < -0.39 is 12.6 Å². The molecule has 1 aromatic heterocycles. The number of benzene rings is 2. The molecule has 2 N–H and O–H groups in total. The first-order chi connectivity index (χ1) is 16.7. The summed E-state index contributed by atoms with van der Waals surface area (Å²) >= 11 is 0. The van der Waals surface area contributed by atoms with Crippen LogP contribution in [0.2, 0.25) is 0 Å². The molecule has 0 spiro atoms. The van der Waals surface area contributed by atoms with E-state index in [2.05, 4.69) is 45.2 Å². The number of hydrogen-bond donors (Lipinski definition) is 2. The number of aromatic hydroxyl groups is 1. The third kappa shape index (κ3) is 5.13. The Kier molecular flexibility index (Phi) is 6.18. The number of likely N-dealkylation sites (N-methyl/N-ethyl adjacent to an activating group) is 1. The molecular weight excluding hydrogens is 459 g/mol. The van der Waals surface area contributed by atoms with Crippen LogP contribution in [0.15, 0.2) is 30.3 Å². The minimum atomic E-state index is -4.30. The van der Waals surface area contributed by atoms with Gasteiger partial charge in [-0.15, -0.1) is 0 Å². The molecule has 3 aromatic rings. The van der Waals surface area contributed by atoms with Crippen molar-refractivity contribution in [1.29, 1.82) is 0 Å². The molecule has 2 aliphatic rings. The molecule has 0 bridgehead atoms. The zero-order valence-electron chi connectivity index (χ0n) is 19.5. The van der Waals surface area contributed by atoms with Crippen molar-refractivity contribution in [2.75, 3.05) is 33.2 Å². The molecule has 1 amide bonds. The van der Waals surface area contributed by atoms with Crippen LogP contribution < -0.4 is 0 Å². The molecule has 5 rings (SSSR count). The normalized spacial score (nSPS) is 17.3. The maximum absolute atomic E-state index is 13.3. The van der Waals surface area contributed by atoms with Crippen LogP contribution >= 0.6 is 0 Å². The molecular formula is C25H28F3N5O2. The lowest BCUT2D eigenvalue weighted by molar-refractivity contribution is -0.134. The maximum Gasteiger partial charge on any atom is 0.389 e. The number of nitrogens with zero attached hydrogens (tertiary/aromatic N) is 4. The average molecular weight is 488 g/mol. The number of halogens is 3. The van der Waals surface area contributed by atoms with Crippen molar-refractivity contribution < 1.29 is 23.1 Å². The summed E-state index contributed by atoms with van der Waals surface area (Å²) in [7, 11) is 2.13. The maximum atomic E-state index is 13.3. The number of nitrogens with one attached hydrogen (secondary N) is 1. The van der Waals surface area contributed by atoms with Gasteiger partial charge in [0.2, 0.25) is 0 Å². The highest BCUT2D eigenvalue weighted by molar-refractivity contribution is 6.01. The number of fused-ring (bicyclic) bond motifs is 2. The Balaban J connectivity index is 1.31. The number of piperazine rings is 1. The van der Waals surface area contributed by atoms with Crippen molar-refractivity contribution in [3.63, 3.8) is 0 Å². The predicted molar refractivity (Wildman–Crippen MR) is 125 cm³/mol. The highest BCUT2D eigenvalue weighted by Crippen LogP contribution is 2.32. The summed E-state index contributed by atoms with van der Waals surface area (Å²) < 4.78 is 38.1. The summed E-state index contributed by atoms with van der Waals surface area (Å²) in [6.07, 6.45) is -5.60. The van der Waals surface area contributed by atoms with Gasteiger partial charge in [0.05, 0.1) is 16.8 Å². The Morgan fingerprint density at radius 2 is 1.83 bits per heavy atom. The van der Waals surface area contributed by atoms with Gasteiger partial charge >= 0.3 is 6.18 Å². The monoisotopic (exact) mass is 487 g/mol.